The lowest BCUT2D eigenvalue weighted by Gasteiger charge is -2.16. The summed E-state index contributed by atoms with van der Waals surface area (Å²) >= 11 is 1.67. The van der Waals surface area contributed by atoms with Gasteiger partial charge in [0.1, 0.15) is 11.3 Å². The molecule has 2 rings (SSSR count). The van der Waals surface area contributed by atoms with Gasteiger partial charge < -0.3 is 15.8 Å². The van der Waals surface area contributed by atoms with Gasteiger partial charge in [-0.25, -0.2) is 0 Å². The number of anilines is 1. The number of nitrogens with two attached hydrogens (primary N) is 1. The van der Waals surface area contributed by atoms with E-state index in [1.165, 1.54) is 4.88 Å². The summed E-state index contributed by atoms with van der Waals surface area (Å²) in [5, 5.41) is 2.98. The van der Waals surface area contributed by atoms with Gasteiger partial charge in [0.2, 0.25) is 0 Å². The van der Waals surface area contributed by atoms with Gasteiger partial charge in [-0.15, -0.1) is 11.3 Å². The van der Waals surface area contributed by atoms with Gasteiger partial charge in [-0.05, 0) is 45.0 Å². The van der Waals surface area contributed by atoms with Gasteiger partial charge in [-0.1, -0.05) is 6.07 Å². The highest BCUT2D eigenvalue weighted by Crippen LogP contribution is 2.27. The van der Waals surface area contributed by atoms with Crippen molar-refractivity contribution < 1.29 is 9.53 Å². The average molecular weight is 304 g/mol. The van der Waals surface area contributed by atoms with Crippen LogP contribution < -0.4 is 15.8 Å². The Morgan fingerprint density at radius 3 is 2.76 bits per heavy atom. The maximum atomic E-state index is 12.5. The number of hydrogen-bond acceptors (Lipinski definition) is 4. The zero-order chi connectivity index (χ0) is 15.4. The third-order valence-corrected chi connectivity index (χ3v) is 4.30. The molecule has 0 aliphatic carbocycles. The lowest BCUT2D eigenvalue weighted by Crippen LogP contribution is -2.27. The number of nitrogen functional groups attached to an aromatic ring is 1. The Labute approximate surface area is 128 Å². The number of thiophene rings is 1. The Kier molecular flexibility index (Phi) is 4.85. The van der Waals surface area contributed by atoms with Crippen LogP contribution in [0.4, 0.5) is 5.69 Å². The normalized spacial score (nSPS) is 12.0. The van der Waals surface area contributed by atoms with Crippen LogP contribution in [0.5, 0.6) is 5.75 Å². The first-order valence-electron chi connectivity index (χ1n) is 6.91. The monoisotopic (exact) mass is 304 g/mol. The van der Waals surface area contributed by atoms with Crippen molar-refractivity contribution in [3.8, 4) is 5.75 Å². The van der Waals surface area contributed by atoms with Crippen LogP contribution in [-0.2, 0) is 0 Å². The molecule has 5 heteroatoms. The Morgan fingerprint density at radius 2 is 2.14 bits per heavy atom. The highest BCUT2D eigenvalue weighted by atomic mass is 32.1. The fraction of sp³-hybridized carbons (Fsp3) is 0.312. The third-order valence-electron chi connectivity index (χ3n) is 3.12. The SMILES string of the molecule is CCOc1cccc(N)c1C(=O)NC(C)c1ccc(C)s1. The number of carbonyl (C=O) groups excluding carboxylic acids is 1. The van der Waals surface area contributed by atoms with E-state index in [9.17, 15) is 4.79 Å². The van der Waals surface area contributed by atoms with E-state index in [0.29, 0.717) is 23.6 Å². The molecule has 0 aliphatic rings. The van der Waals surface area contributed by atoms with Gasteiger partial charge in [-0.2, -0.15) is 0 Å². The van der Waals surface area contributed by atoms with Crippen LogP contribution in [0.15, 0.2) is 30.3 Å². The molecule has 1 amide bonds. The van der Waals surface area contributed by atoms with Gasteiger partial charge in [0.05, 0.1) is 12.6 Å². The van der Waals surface area contributed by atoms with E-state index in [1.807, 2.05) is 32.9 Å². The van der Waals surface area contributed by atoms with Crippen molar-refractivity contribution in [1.82, 2.24) is 5.32 Å². The molecule has 1 aromatic heterocycles. The van der Waals surface area contributed by atoms with Gasteiger partial charge in [0, 0.05) is 15.4 Å². The maximum Gasteiger partial charge on any atom is 0.257 e. The molecule has 0 aliphatic heterocycles. The molecule has 21 heavy (non-hydrogen) atoms. The van der Waals surface area contributed by atoms with E-state index in [4.69, 9.17) is 10.5 Å². The summed E-state index contributed by atoms with van der Waals surface area (Å²) in [5.74, 6) is 0.305. The molecule has 4 nitrogen and oxygen atoms in total. The van der Waals surface area contributed by atoms with Crippen LogP contribution in [0, 0.1) is 6.92 Å². The molecular formula is C16H20N2O2S. The highest BCUT2D eigenvalue weighted by molar-refractivity contribution is 7.12. The highest BCUT2D eigenvalue weighted by Gasteiger charge is 2.19. The number of hydrogen-bond donors (Lipinski definition) is 2. The third kappa shape index (κ3) is 3.55. The summed E-state index contributed by atoms with van der Waals surface area (Å²) in [6, 6.07) is 9.26. The predicted octanol–water partition coefficient (Wildman–Crippen LogP) is 3.53. The molecule has 0 saturated carbocycles. The summed E-state index contributed by atoms with van der Waals surface area (Å²) in [6.45, 7) is 6.37. The van der Waals surface area contributed by atoms with Crippen molar-refractivity contribution in [2.24, 2.45) is 0 Å². The smallest absolute Gasteiger partial charge is 0.257 e. The summed E-state index contributed by atoms with van der Waals surface area (Å²) in [4.78, 5) is 14.8. The van der Waals surface area contributed by atoms with Gasteiger partial charge in [0.15, 0.2) is 0 Å². The summed E-state index contributed by atoms with van der Waals surface area (Å²) in [6.07, 6.45) is 0. The molecule has 112 valence electrons. The molecule has 0 saturated heterocycles. The first-order chi connectivity index (χ1) is 10.0. The number of ether oxygens (including phenoxy) is 1. The van der Waals surface area contributed by atoms with Crippen LogP contribution in [-0.4, -0.2) is 12.5 Å². The summed E-state index contributed by atoms with van der Waals surface area (Å²) in [5.41, 5.74) is 6.76. The van der Waals surface area contributed by atoms with E-state index in [2.05, 4.69) is 5.32 Å². The maximum absolute atomic E-state index is 12.5. The zero-order valence-electron chi connectivity index (χ0n) is 12.5. The zero-order valence-corrected chi connectivity index (χ0v) is 13.3. The van der Waals surface area contributed by atoms with Crippen molar-refractivity contribution in [3.63, 3.8) is 0 Å². The number of benzene rings is 1. The summed E-state index contributed by atoms with van der Waals surface area (Å²) in [7, 11) is 0. The van der Waals surface area contributed by atoms with Gasteiger partial charge in [0.25, 0.3) is 5.91 Å². The van der Waals surface area contributed by atoms with Crippen LogP contribution in [0.3, 0.4) is 0 Å². The van der Waals surface area contributed by atoms with Crippen LogP contribution in [0.2, 0.25) is 0 Å². The second kappa shape index (κ2) is 6.63. The molecule has 0 spiro atoms. The Balaban J connectivity index is 2.20. The first-order valence-corrected chi connectivity index (χ1v) is 7.73. The Hall–Kier alpha value is -2.01. The van der Waals surface area contributed by atoms with Crippen molar-refractivity contribution in [2.75, 3.05) is 12.3 Å². The van der Waals surface area contributed by atoms with Crippen molar-refractivity contribution >= 4 is 22.9 Å². The molecule has 0 fully saturated rings. The van der Waals surface area contributed by atoms with Crippen molar-refractivity contribution in [3.05, 3.63) is 45.6 Å². The van der Waals surface area contributed by atoms with E-state index in [0.717, 1.165) is 4.88 Å². The van der Waals surface area contributed by atoms with Gasteiger partial charge in [-0.3, -0.25) is 4.79 Å². The molecule has 1 aromatic carbocycles. The first kappa shape index (κ1) is 15.4. The lowest BCUT2D eigenvalue weighted by molar-refractivity contribution is 0.0937. The van der Waals surface area contributed by atoms with E-state index in [1.54, 1.807) is 29.5 Å². The van der Waals surface area contributed by atoms with Crippen LogP contribution in [0.1, 0.15) is 40.0 Å². The molecule has 1 atom stereocenters. The van der Waals surface area contributed by atoms with Gasteiger partial charge >= 0.3 is 0 Å². The second-order valence-corrected chi connectivity index (χ2v) is 6.12. The minimum atomic E-state index is -0.213. The standard InChI is InChI=1S/C16H20N2O2S/c1-4-20-13-7-5-6-12(17)15(13)16(19)18-11(3)14-9-8-10(2)21-14/h5-9,11H,4,17H2,1-3H3,(H,18,19). The quantitative estimate of drug-likeness (QED) is 0.831. The number of carbonyl (C=O) groups is 1. The number of amides is 1. The lowest BCUT2D eigenvalue weighted by atomic mass is 10.1. The Morgan fingerprint density at radius 1 is 1.38 bits per heavy atom. The fourth-order valence-electron chi connectivity index (χ4n) is 2.09. The summed E-state index contributed by atoms with van der Waals surface area (Å²) < 4.78 is 5.49. The van der Waals surface area contributed by atoms with Crippen LogP contribution >= 0.6 is 11.3 Å². The predicted molar refractivity (Wildman–Crippen MR) is 87.0 cm³/mol. The molecule has 0 bridgehead atoms. The minimum Gasteiger partial charge on any atom is -0.493 e. The number of aryl methyl sites for hydroxylation is 1. The fourth-order valence-corrected chi connectivity index (χ4v) is 2.97. The molecule has 1 heterocycles. The van der Waals surface area contributed by atoms with Crippen LogP contribution in [0.25, 0.3) is 0 Å². The largest absolute Gasteiger partial charge is 0.493 e. The number of nitrogens with one attached hydrogen (secondary N) is 1. The molecule has 1 unspecified atom stereocenters. The van der Waals surface area contributed by atoms with Crippen molar-refractivity contribution in [2.45, 2.75) is 26.8 Å². The molecule has 2 aromatic rings. The second-order valence-electron chi connectivity index (χ2n) is 4.80. The van der Waals surface area contributed by atoms with E-state index in [-0.39, 0.29) is 11.9 Å². The Bertz CT molecular complexity index is 637. The molecule has 0 radical (unpaired) electrons. The minimum absolute atomic E-state index is 0.0646. The van der Waals surface area contributed by atoms with E-state index < -0.39 is 0 Å². The van der Waals surface area contributed by atoms with Crippen molar-refractivity contribution in [1.29, 1.82) is 0 Å². The van der Waals surface area contributed by atoms with E-state index >= 15 is 0 Å². The average Bonchev–Trinajstić information content (AvgIpc) is 2.86. The molecule has 3 N–H and O–H groups in total. The number of rotatable bonds is 5. The molecular weight excluding hydrogens is 284 g/mol. The topological polar surface area (TPSA) is 64.3 Å².